The van der Waals surface area contributed by atoms with Crippen LogP contribution in [0.5, 0.6) is 5.75 Å². The maximum Gasteiger partial charge on any atom is 0.416 e. The Morgan fingerprint density at radius 1 is 1.10 bits per heavy atom. The molecule has 0 amide bonds. The molecule has 0 aliphatic rings. The Kier molecular flexibility index (Phi) is 9.71. The van der Waals surface area contributed by atoms with Crippen LogP contribution in [-0.4, -0.2) is 36.9 Å². The summed E-state index contributed by atoms with van der Waals surface area (Å²) in [6.45, 7) is 4.71. The lowest BCUT2D eigenvalue weighted by Gasteiger charge is -2.14. The summed E-state index contributed by atoms with van der Waals surface area (Å²) in [7, 11) is 0. The van der Waals surface area contributed by atoms with Crippen LogP contribution in [0.25, 0.3) is 6.08 Å². The fraction of sp³-hybridized carbons (Fsp3) is 0.364. The highest BCUT2D eigenvalue weighted by atomic mass is 32.2. The lowest BCUT2D eigenvalue weighted by molar-refractivity contribution is -0.245. The number of hydrogen-bond acceptors (Lipinski definition) is 5. The van der Waals surface area contributed by atoms with Gasteiger partial charge in [-0.15, -0.1) is 11.8 Å². The Labute approximate surface area is 178 Å². The summed E-state index contributed by atoms with van der Waals surface area (Å²) in [6, 6.07) is 10.8. The molecule has 2 aromatic rings. The normalized spacial score (nSPS) is 13.0. The van der Waals surface area contributed by atoms with Crippen molar-refractivity contribution in [2.75, 3.05) is 25.6 Å². The number of rotatable bonds is 11. The van der Waals surface area contributed by atoms with Crippen molar-refractivity contribution >= 4 is 17.8 Å². The molecule has 0 bridgehead atoms. The van der Waals surface area contributed by atoms with Crippen LogP contribution in [0.1, 0.15) is 23.6 Å². The van der Waals surface area contributed by atoms with Crippen LogP contribution >= 0.6 is 11.8 Å². The molecule has 0 aromatic heterocycles. The van der Waals surface area contributed by atoms with E-state index in [4.69, 9.17) is 14.7 Å². The van der Waals surface area contributed by atoms with E-state index in [0.29, 0.717) is 17.9 Å². The Morgan fingerprint density at radius 2 is 1.83 bits per heavy atom. The van der Waals surface area contributed by atoms with Gasteiger partial charge in [0.15, 0.2) is 0 Å². The quantitative estimate of drug-likeness (QED) is 0.197. The summed E-state index contributed by atoms with van der Waals surface area (Å²) in [4.78, 5) is 5.04. The van der Waals surface area contributed by atoms with Crippen molar-refractivity contribution in [3.05, 3.63) is 65.2 Å². The van der Waals surface area contributed by atoms with Crippen molar-refractivity contribution in [3.63, 3.8) is 0 Å². The van der Waals surface area contributed by atoms with E-state index in [9.17, 15) is 13.2 Å². The van der Waals surface area contributed by atoms with Gasteiger partial charge in [-0.3, -0.25) is 5.26 Å². The average Bonchev–Trinajstić information content (AvgIpc) is 2.71. The number of benzene rings is 2. The van der Waals surface area contributed by atoms with Gasteiger partial charge in [0.1, 0.15) is 19.0 Å². The first-order valence-corrected chi connectivity index (χ1v) is 10.4. The Bertz CT molecular complexity index is 807. The first-order chi connectivity index (χ1) is 14.3. The monoisotopic (exact) mass is 442 g/mol. The molecule has 0 fully saturated rings. The van der Waals surface area contributed by atoms with Crippen molar-refractivity contribution < 1.29 is 32.8 Å². The third-order valence-corrected chi connectivity index (χ3v) is 5.20. The molecule has 2 aromatic carbocycles. The second-order valence-electron chi connectivity index (χ2n) is 6.39. The molecule has 164 valence electrons. The average molecular weight is 442 g/mol. The highest BCUT2D eigenvalue weighted by Crippen LogP contribution is 2.29. The van der Waals surface area contributed by atoms with Gasteiger partial charge in [-0.25, -0.2) is 4.89 Å². The number of alkyl halides is 3. The summed E-state index contributed by atoms with van der Waals surface area (Å²) < 4.78 is 49.2. The summed E-state index contributed by atoms with van der Waals surface area (Å²) in [5, 5.41) is 8.34. The smallest absolute Gasteiger partial charge is 0.416 e. The zero-order valence-electron chi connectivity index (χ0n) is 16.8. The van der Waals surface area contributed by atoms with Gasteiger partial charge in [-0.05, 0) is 55.3 Å². The van der Waals surface area contributed by atoms with Gasteiger partial charge < -0.3 is 9.47 Å². The minimum absolute atomic E-state index is 0.0945. The van der Waals surface area contributed by atoms with Gasteiger partial charge in [0.25, 0.3) is 0 Å². The second-order valence-corrected chi connectivity index (χ2v) is 7.49. The van der Waals surface area contributed by atoms with Crippen LogP contribution in [0.3, 0.4) is 0 Å². The Hall–Kier alpha value is -2.00. The number of aryl methyl sites for hydroxylation is 1. The van der Waals surface area contributed by atoms with E-state index in [1.165, 1.54) is 12.1 Å². The van der Waals surface area contributed by atoms with Crippen LogP contribution in [-0.2, 0) is 15.8 Å². The zero-order chi connectivity index (χ0) is 22.0. The maximum absolute atomic E-state index is 12.7. The third-order valence-electron chi connectivity index (χ3n) is 4.11. The van der Waals surface area contributed by atoms with Crippen LogP contribution in [0, 0.1) is 6.92 Å². The largest absolute Gasteiger partial charge is 0.491 e. The topological polar surface area (TPSA) is 47.9 Å². The summed E-state index contributed by atoms with van der Waals surface area (Å²) >= 11 is 1.62. The maximum atomic E-state index is 12.7. The van der Waals surface area contributed by atoms with Crippen molar-refractivity contribution in [1.82, 2.24) is 0 Å². The Balaban J connectivity index is 1.95. The van der Waals surface area contributed by atoms with Gasteiger partial charge in [0, 0.05) is 17.3 Å². The molecule has 2 rings (SSSR count). The number of hydrogen-bond donors (Lipinski definition) is 1. The van der Waals surface area contributed by atoms with Crippen LogP contribution in [0.2, 0.25) is 0 Å². The Morgan fingerprint density at radius 3 is 2.43 bits per heavy atom. The van der Waals surface area contributed by atoms with E-state index >= 15 is 0 Å². The number of thioether (sulfide) groups is 1. The van der Waals surface area contributed by atoms with Gasteiger partial charge in [-0.1, -0.05) is 24.3 Å². The van der Waals surface area contributed by atoms with E-state index < -0.39 is 11.7 Å². The predicted molar refractivity (Wildman–Crippen MR) is 112 cm³/mol. The summed E-state index contributed by atoms with van der Waals surface area (Å²) in [5.41, 5.74) is 0.983. The zero-order valence-corrected chi connectivity index (χ0v) is 17.6. The van der Waals surface area contributed by atoms with Crippen LogP contribution < -0.4 is 4.74 Å². The minimum Gasteiger partial charge on any atom is -0.491 e. The van der Waals surface area contributed by atoms with Gasteiger partial charge in [-0.2, -0.15) is 13.2 Å². The summed E-state index contributed by atoms with van der Waals surface area (Å²) in [6.07, 6.45) is -0.886. The lowest BCUT2D eigenvalue weighted by atomic mass is 10.1. The van der Waals surface area contributed by atoms with E-state index in [1.54, 1.807) is 17.8 Å². The molecular weight excluding hydrogens is 417 g/mol. The van der Waals surface area contributed by atoms with E-state index in [0.717, 1.165) is 28.3 Å². The standard InChI is InChI=1S/C22H25F3O4S/c1-3-27-19(9-6-17-4-7-18(8-5-17)22(23,24)25)15-30-20-10-11-21(16(2)14-20)28-12-13-29-26/h4-11,14,19,26H,3,12-13,15H2,1-2H3. The molecule has 0 radical (unpaired) electrons. The van der Waals surface area contributed by atoms with Crippen LogP contribution in [0.15, 0.2) is 53.4 Å². The van der Waals surface area contributed by atoms with Crippen LogP contribution in [0.4, 0.5) is 13.2 Å². The second kappa shape index (κ2) is 12.0. The first kappa shape index (κ1) is 24.3. The number of ether oxygens (including phenoxy) is 2. The van der Waals surface area contributed by atoms with Gasteiger partial charge in [0.05, 0.1) is 11.7 Å². The SMILES string of the molecule is CCOC(C=Cc1ccc(C(F)(F)F)cc1)CSc1ccc(OCCOO)c(C)c1. The molecule has 0 heterocycles. The molecular formula is C22H25F3O4S. The molecule has 1 unspecified atom stereocenters. The first-order valence-electron chi connectivity index (χ1n) is 9.43. The van der Waals surface area contributed by atoms with Crippen molar-refractivity contribution in [1.29, 1.82) is 0 Å². The molecule has 4 nitrogen and oxygen atoms in total. The molecule has 0 aliphatic carbocycles. The van der Waals surface area contributed by atoms with Gasteiger partial charge >= 0.3 is 6.18 Å². The lowest BCUT2D eigenvalue weighted by Crippen LogP contribution is -2.12. The molecule has 1 N–H and O–H groups in total. The van der Waals surface area contributed by atoms with E-state index in [2.05, 4.69) is 4.89 Å². The molecule has 30 heavy (non-hydrogen) atoms. The summed E-state index contributed by atoms with van der Waals surface area (Å²) in [5.74, 6) is 1.38. The fourth-order valence-corrected chi connectivity index (χ4v) is 3.60. The van der Waals surface area contributed by atoms with E-state index in [-0.39, 0.29) is 19.3 Å². The predicted octanol–water partition coefficient (Wildman–Crippen LogP) is 6.09. The molecule has 8 heteroatoms. The minimum atomic E-state index is -4.34. The van der Waals surface area contributed by atoms with Crippen molar-refractivity contribution in [3.8, 4) is 5.75 Å². The molecule has 0 aliphatic heterocycles. The highest BCUT2D eigenvalue weighted by molar-refractivity contribution is 7.99. The molecule has 0 saturated heterocycles. The highest BCUT2D eigenvalue weighted by Gasteiger charge is 2.29. The molecule has 0 saturated carbocycles. The molecule has 1 atom stereocenters. The number of halogens is 3. The fourth-order valence-electron chi connectivity index (χ4n) is 2.62. The van der Waals surface area contributed by atoms with E-state index in [1.807, 2.05) is 38.1 Å². The molecule has 0 spiro atoms. The van der Waals surface area contributed by atoms with Crippen molar-refractivity contribution in [2.24, 2.45) is 0 Å². The third kappa shape index (κ3) is 8.02. The van der Waals surface area contributed by atoms with Gasteiger partial charge in [0.2, 0.25) is 0 Å². The van der Waals surface area contributed by atoms with Crippen molar-refractivity contribution in [2.45, 2.75) is 31.0 Å².